The summed E-state index contributed by atoms with van der Waals surface area (Å²) in [6, 6.07) is 9.02. The van der Waals surface area contributed by atoms with Gasteiger partial charge in [0.2, 0.25) is 5.91 Å². The number of nitrogens with one attached hydrogen (secondary N) is 1. The number of nitriles is 1. The number of likely N-dealkylation sites (N-methyl/N-ethyl adjacent to an activating group) is 1. The average molecular weight is 596 g/mol. The van der Waals surface area contributed by atoms with Crippen LogP contribution in [0.4, 0.5) is 18.9 Å². The van der Waals surface area contributed by atoms with E-state index in [0.717, 1.165) is 21.7 Å². The molecule has 0 fully saturated rings. The third kappa shape index (κ3) is 5.61. The lowest BCUT2D eigenvalue weighted by Gasteiger charge is -2.20. The summed E-state index contributed by atoms with van der Waals surface area (Å²) in [6.45, 7) is 6.07. The third-order valence-corrected chi connectivity index (χ3v) is 6.46. The molecule has 1 aliphatic rings. The molecule has 1 N–H and O–H groups in total. The highest BCUT2D eigenvalue weighted by Crippen LogP contribution is 2.46. The number of hydrogen-bond donors (Lipinski definition) is 1. The molecule has 0 radical (unpaired) electrons. The van der Waals surface area contributed by atoms with E-state index in [1.165, 1.54) is 38.2 Å². The Morgan fingerprint density at radius 3 is 2.56 bits per heavy atom. The van der Waals surface area contributed by atoms with E-state index in [2.05, 4.69) is 19.9 Å². The van der Waals surface area contributed by atoms with Crippen LogP contribution in [0.3, 0.4) is 0 Å². The molecule has 14 heteroatoms. The Labute approximate surface area is 242 Å². The number of benzene rings is 2. The van der Waals surface area contributed by atoms with Crippen molar-refractivity contribution in [1.29, 1.82) is 5.26 Å². The number of anilines is 1. The van der Waals surface area contributed by atoms with Gasteiger partial charge in [-0.2, -0.15) is 10.4 Å². The van der Waals surface area contributed by atoms with Crippen LogP contribution >= 0.6 is 0 Å². The number of amides is 2. The highest BCUT2D eigenvalue weighted by atomic mass is 19.3. The lowest BCUT2D eigenvalue weighted by Crippen LogP contribution is -2.40. The molecular weight excluding hydrogens is 571 g/mol. The van der Waals surface area contributed by atoms with E-state index in [1.54, 1.807) is 20.8 Å². The highest BCUT2D eigenvalue weighted by Gasteiger charge is 2.44. The number of rotatable bonds is 5. The molecular formula is C29H24F3N5O6. The van der Waals surface area contributed by atoms with Crippen LogP contribution in [-0.4, -0.2) is 40.5 Å². The fourth-order valence-corrected chi connectivity index (χ4v) is 4.54. The maximum Gasteiger partial charge on any atom is 0.586 e. The van der Waals surface area contributed by atoms with Crippen LogP contribution in [0.2, 0.25) is 0 Å². The Kier molecular flexibility index (Phi) is 6.92. The van der Waals surface area contributed by atoms with E-state index >= 15 is 0 Å². The number of fused-ring (bicyclic) bond motifs is 2. The van der Waals surface area contributed by atoms with Crippen molar-refractivity contribution in [2.45, 2.75) is 46.1 Å². The predicted molar refractivity (Wildman–Crippen MR) is 146 cm³/mol. The molecule has 1 aliphatic heterocycles. The smallest absolute Gasteiger partial charge is 0.448 e. The number of aromatic nitrogens is 2. The summed E-state index contributed by atoms with van der Waals surface area (Å²) in [5, 5.41) is 16.2. The topological polar surface area (TPSA) is 140 Å². The molecule has 0 spiro atoms. The second kappa shape index (κ2) is 10.2. The summed E-state index contributed by atoms with van der Waals surface area (Å²) in [5.41, 5.74) is -1.27. The monoisotopic (exact) mass is 595 g/mol. The second-order valence-corrected chi connectivity index (χ2v) is 10.9. The van der Waals surface area contributed by atoms with Gasteiger partial charge in [0.1, 0.15) is 18.1 Å². The van der Waals surface area contributed by atoms with E-state index in [-0.39, 0.29) is 56.3 Å². The number of ether oxygens (including phenoxy) is 2. The summed E-state index contributed by atoms with van der Waals surface area (Å²) in [5.74, 6) is -2.73. The summed E-state index contributed by atoms with van der Waals surface area (Å²) in [4.78, 5) is 40.8. The Bertz CT molecular complexity index is 1920. The van der Waals surface area contributed by atoms with Crippen molar-refractivity contribution in [2.24, 2.45) is 0 Å². The molecule has 43 heavy (non-hydrogen) atoms. The van der Waals surface area contributed by atoms with Crippen molar-refractivity contribution in [3.05, 3.63) is 69.5 Å². The normalized spacial score (nSPS) is 13.6. The van der Waals surface area contributed by atoms with E-state index in [0.29, 0.717) is 0 Å². The summed E-state index contributed by atoms with van der Waals surface area (Å²) in [6.07, 6.45) is -3.85. The van der Waals surface area contributed by atoms with Crippen LogP contribution in [0.5, 0.6) is 11.5 Å². The van der Waals surface area contributed by atoms with E-state index in [4.69, 9.17) is 4.42 Å². The van der Waals surface area contributed by atoms with Crippen LogP contribution in [0.1, 0.15) is 42.5 Å². The number of alkyl halides is 2. The van der Waals surface area contributed by atoms with Crippen LogP contribution < -0.4 is 25.2 Å². The minimum absolute atomic E-state index is 0.0420. The molecule has 0 atom stereocenters. The SMILES string of the molecule is Cc1c(N(C)C(=O)Cn2nc(-c3cc(F)cc(C#N)c3)c3oc(C(=O)NC(C)(C)C)cc3c2=O)ccc2c1OC(F)(F)O2. The first-order valence-corrected chi connectivity index (χ1v) is 12.8. The Morgan fingerprint density at radius 2 is 1.88 bits per heavy atom. The fourth-order valence-electron chi connectivity index (χ4n) is 4.54. The van der Waals surface area contributed by atoms with Crippen molar-refractivity contribution in [1.82, 2.24) is 15.1 Å². The number of carbonyl (C=O) groups excluding carboxylic acids is 2. The Hall–Kier alpha value is -5.32. The van der Waals surface area contributed by atoms with Gasteiger partial charge in [0.05, 0.1) is 22.7 Å². The molecule has 0 saturated heterocycles. The molecule has 2 amide bonds. The molecule has 11 nitrogen and oxygen atoms in total. The first-order valence-electron chi connectivity index (χ1n) is 12.8. The van der Waals surface area contributed by atoms with Gasteiger partial charge in [0.25, 0.3) is 11.5 Å². The second-order valence-electron chi connectivity index (χ2n) is 10.9. The number of nitrogens with zero attached hydrogens (tertiary/aromatic N) is 4. The zero-order valence-corrected chi connectivity index (χ0v) is 23.5. The van der Waals surface area contributed by atoms with Crippen LogP contribution in [0.15, 0.2) is 45.6 Å². The van der Waals surface area contributed by atoms with Gasteiger partial charge in [-0.3, -0.25) is 14.4 Å². The minimum atomic E-state index is -3.85. The van der Waals surface area contributed by atoms with Gasteiger partial charge in [-0.05, 0) is 58.0 Å². The molecule has 0 unspecified atom stereocenters. The van der Waals surface area contributed by atoms with Crippen molar-refractivity contribution < 1.29 is 36.7 Å². The number of halogens is 3. The van der Waals surface area contributed by atoms with Crippen molar-refractivity contribution in [3.8, 4) is 28.8 Å². The van der Waals surface area contributed by atoms with Gasteiger partial charge >= 0.3 is 6.29 Å². The molecule has 2 aromatic carbocycles. The van der Waals surface area contributed by atoms with Crippen LogP contribution in [-0.2, 0) is 11.3 Å². The maximum atomic E-state index is 14.4. The zero-order valence-electron chi connectivity index (χ0n) is 23.5. The van der Waals surface area contributed by atoms with Gasteiger partial charge in [-0.25, -0.2) is 9.07 Å². The minimum Gasteiger partial charge on any atom is -0.448 e. The quantitative estimate of drug-likeness (QED) is 0.356. The first kappa shape index (κ1) is 29.2. The van der Waals surface area contributed by atoms with Gasteiger partial charge in [-0.15, -0.1) is 8.78 Å². The van der Waals surface area contributed by atoms with Gasteiger partial charge in [-0.1, -0.05) is 0 Å². The van der Waals surface area contributed by atoms with Crippen molar-refractivity contribution in [2.75, 3.05) is 11.9 Å². The molecule has 0 bridgehead atoms. The van der Waals surface area contributed by atoms with Crippen molar-refractivity contribution >= 4 is 28.5 Å². The largest absolute Gasteiger partial charge is 0.586 e. The molecule has 222 valence electrons. The highest BCUT2D eigenvalue weighted by molar-refractivity contribution is 5.99. The number of furan rings is 1. The van der Waals surface area contributed by atoms with Crippen LogP contribution in [0, 0.1) is 24.1 Å². The summed E-state index contributed by atoms with van der Waals surface area (Å²) >= 11 is 0. The zero-order chi connectivity index (χ0) is 31.4. The fraction of sp³-hybridized carbons (Fsp3) is 0.276. The average Bonchev–Trinajstić information content (AvgIpc) is 3.50. The molecule has 5 rings (SSSR count). The molecule has 4 aromatic rings. The lowest BCUT2D eigenvalue weighted by atomic mass is 10.1. The van der Waals surface area contributed by atoms with Gasteiger partial charge in [0, 0.05) is 29.8 Å². The number of carbonyl (C=O) groups is 2. The van der Waals surface area contributed by atoms with Gasteiger partial charge in [0.15, 0.2) is 22.8 Å². The molecule has 2 aromatic heterocycles. The van der Waals surface area contributed by atoms with Crippen LogP contribution in [0.25, 0.3) is 22.2 Å². The predicted octanol–water partition coefficient (Wildman–Crippen LogP) is 4.49. The Balaban J connectivity index is 1.59. The first-order chi connectivity index (χ1) is 20.1. The molecule has 0 saturated carbocycles. The van der Waals surface area contributed by atoms with E-state index < -0.39 is 41.6 Å². The Morgan fingerprint density at radius 1 is 1.16 bits per heavy atom. The lowest BCUT2D eigenvalue weighted by molar-refractivity contribution is -0.286. The summed E-state index contributed by atoms with van der Waals surface area (Å²) in [7, 11) is 1.37. The van der Waals surface area contributed by atoms with Crippen molar-refractivity contribution in [3.63, 3.8) is 0 Å². The van der Waals surface area contributed by atoms with Gasteiger partial charge < -0.3 is 24.1 Å². The molecule has 0 aliphatic carbocycles. The standard InChI is InChI=1S/C29H24F3N5O6/c1-14-19(6-7-20-24(14)43-29(31,32)42-20)36(5)22(38)13-37-27(40)18-11-21(26(39)34-28(2,3)4)41-25(18)23(35-37)16-8-15(12-33)9-17(30)10-16/h6-11H,13H2,1-5H3,(H,34,39). The third-order valence-electron chi connectivity index (χ3n) is 6.46. The number of hydrogen-bond acceptors (Lipinski definition) is 8. The maximum absolute atomic E-state index is 14.4. The van der Waals surface area contributed by atoms with E-state index in [9.17, 15) is 32.8 Å². The molecule has 3 heterocycles. The summed E-state index contributed by atoms with van der Waals surface area (Å²) < 4.78 is 57.2. The van der Waals surface area contributed by atoms with E-state index in [1.807, 2.05) is 6.07 Å².